The van der Waals surface area contributed by atoms with E-state index in [0.29, 0.717) is 19.4 Å². The zero-order valence-electron chi connectivity index (χ0n) is 13.8. The summed E-state index contributed by atoms with van der Waals surface area (Å²) in [6.07, 6.45) is 2.12. The molecule has 2 heterocycles. The van der Waals surface area contributed by atoms with Crippen molar-refractivity contribution in [1.29, 1.82) is 0 Å². The summed E-state index contributed by atoms with van der Waals surface area (Å²) in [5.74, 6) is 1.74. The van der Waals surface area contributed by atoms with Gasteiger partial charge in [-0.3, -0.25) is 9.69 Å². The van der Waals surface area contributed by atoms with Crippen molar-refractivity contribution in [3.63, 3.8) is 0 Å². The van der Waals surface area contributed by atoms with Crippen molar-refractivity contribution in [3.05, 3.63) is 23.8 Å². The molecule has 1 saturated heterocycles. The quantitative estimate of drug-likeness (QED) is 0.856. The van der Waals surface area contributed by atoms with Gasteiger partial charge in [-0.2, -0.15) is 0 Å². The van der Waals surface area contributed by atoms with E-state index in [1.54, 1.807) is 7.05 Å². The Morgan fingerprint density at radius 3 is 2.78 bits per heavy atom. The van der Waals surface area contributed by atoms with Gasteiger partial charge in [-0.05, 0) is 37.5 Å². The first-order chi connectivity index (χ1) is 11.2. The average molecular weight is 319 g/mol. The summed E-state index contributed by atoms with van der Waals surface area (Å²) in [7, 11) is 1.68. The minimum absolute atomic E-state index is 0.0881. The normalized spacial score (nSPS) is 19.6. The van der Waals surface area contributed by atoms with E-state index in [-0.39, 0.29) is 11.9 Å². The van der Waals surface area contributed by atoms with Crippen LogP contribution in [0, 0.1) is 0 Å². The molecule has 126 valence electrons. The number of benzene rings is 1. The van der Waals surface area contributed by atoms with Gasteiger partial charge in [0, 0.05) is 32.2 Å². The first-order valence-electron chi connectivity index (χ1n) is 8.24. The van der Waals surface area contributed by atoms with Gasteiger partial charge >= 0.3 is 0 Å². The molecule has 0 radical (unpaired) electrons. The van der Waals surface area contributed by atoms with Crippen LogP contribution < -0.4 is 20.1 Å². The van der Waals surface area contributed by atoms with Crippen molar-refractivity contribution >= 4 is 5.91 Å². The molecule has 0 saturated carbocycles. The van der Waals surface area contributed by atoms with Gasteiger partial charge in [0.1, 0.15) is 0 Å². The summed E-state index contributed by atoms with van der Waals surface area (Å²) in [5.41, 5.74) is 1.21. The number of ether oxygens (including phenoxy) is 2. The van der Waals surface area contributed by atoms with Crippen LogP contribution >= 0.6 is 0 Å². The monoisotopic (exact) mass is 319 g/mol. The summed E-state index contributed by atoms with van der Waals surface area (Å²) >= 11 is 0. The number of rotatable bonds is 5. The molecule has 2 aliphatic heterocycles. The number of fused-ring (bicyclic) bond motifs is 1. The second kappa shape index (κ2) is 7.19. The summed E-state index contributed by atoms with van der Waals surface area (Å²) < 4.78 is 10.8. The highest BCUT2D eigenvalue weighted by Crippen LogP contribution is 2.34. The van der Waals surface area contributed by atoms with Gasteiger partial charge in [0.05, 0.1) is 6.54 Å². The van der Waals surface area contributed by atoms with E-state index in [4.69, 9.17) is 9.47 Å². The molecule has 1 fully saturated rings. The maximum Gasteiger partial charge on any atom is 0.233 e. The first kappa shape index (κ1) is 16.1. The Hall–Kier alpha value is -1.79. The molecule has 2 aliphatic rings. The standard InChI is InChI=1S/C17H25N3O3/c1-12(13-3-4-15-16(9-13)23-11-22-15)19-14-5-7-20(8-6-14)10-17(21)18-2/h3-4,9,12,14,19H,5-8,10-11H2,1-2H3,(H,18,21). The van der Waals surface area contributed by atoms with E-state index in [2.05, 4.69) is 34.6 Å². The van der Waals surface area contributed by atoms with Crippen molar-refractivity contribution in [1.82, 2.24) is 15.5 Å². The maximum atomic E-state index is 11.4. The summed E-state index contributed by atoms with van der Waals surface area (Å²) in [4.78, 5) is 13.6. The van der Waals surface area contributed by atoms with Crippen LogP contribution in [0.3, 0.4) is 0 Å². The van der Waals surface area contributed by atoms with Crippen LogP contribution in [0.1, 0.15) is 31.4 Å². The van der Waals surface area contributed by atoms with Crippen molar-refractivity contribution in [2.24, 2.45) is 0 Å². The molecule has 3 rings (SSSR count). The number of amides is 1. The van der Waals surface area contributed by atoms with E-state index >= 15 is 0 Å². The Morgan fingerprint density at radius 1 is 1.30 bits per heavy atom. The van der Waals surface area contributed by atoms with Crippen LogP contribution in [0.15, 0.2) is 18.2 Å². The van der Waals surface area contributed by atoms with Gasteiger partial charge in [-0.1, -0.05) is 6.07 Å². The fourth-order valence-corrected chi connectivity index (χ4v) is 3.17. The van der Waals surface area contributed by atoms with Gasteiger partial charge in [-0.25, -0.2) is 0 Å². The number of likely N-dealkylation sites (tertiary alicyclic amines) is 1. The van der Waals surface area contributed by atoms with Gasteiger partial charge in [0.15, 0.2) is 11.5 Å². The number of nitrogens with one attached hydrogen (secondary N) is 2. The second-order valence-corrected chi connectivity index (χ2v) is 6.22. The lowest BCUT2D eigenvalue weighted by Gasteiger charge is -2.33. The number of likely N-dealkylation sites (N-methyl/N-ethyl adjacent to an activating group) is 1. The molecule has 1 aromatic rings. The molecular weight excluding hydrogens is 294 g/mol. The van der Waals surface area contributed by atoms with E-state index in [1.165, 1.54) is 5.56 Å². The molecule has 1 unspecified atom stereocenters. The van der Waals surface area contributed by atoms with Crippen LogP contribution in [0.5, 0.6) is 11.5 Å². The van der Waals surface area contributed by atoms with Gasteiger partial charge < -0.3 is 20.1 Å². The highest BCUT2D eigenvalue weighted by Gasteiger charge is 2.23. The minimum Gasteiger partial charge on any atom is -0.454 e. The first-order valence-corrected chi connectivity index (χ1v) is 8.24. The highest BCUT2D eigenvalue weighted by molar-refractivity contribution is 5.77. The molecule has 0 aliphatic carbocycles. The molecule has 2 N–H and O–H groups in total. The second-order valence-electron chi connectivity index (χ2n) is 6.22. The maximum absolute atomic E-state index is 11.4. The summed E-state index contributed by atoms with van der Waals surface area (Å²) in [5, 5.41) is 6.37. The number of piperidine rings is 1. The Bertz CT molecular complexity index is 556. The lowest BCUT2D eigenvalue weighted by atomic mass is 10.0. The van der Waals surface area contributed by atoms with Crippen molar-refractivity contribution in [2.45, 2.75) is 31.8 Å². The molecule has 23 heavy (non-hydrogen) atoms. The predicted octanol–water partition coefficient (Wildman–Crippen LogP) is 1.28. The van der Waals surface area contributed by atoms with Crippen LogP contribution in [0.2, 0.25) is 0 Å². The van der Waals surface area contributed by atoms with Crippen LogP contribution in [0.25, 0.3) is 0 Å². The average Bonchev–Trinajstić information content (AvgIpc) is 3.04. The molecule has 1 aromatic carbocycles. The van der Waals surface area contributed by atoms with E-state index in [1.807, 2.05) is 6.07 Å². The Balaban J connectivity index is 1.49. The van der Waals surface area contributed by atoms with E-state index in [0.717, 1.165) is 37.4 Å². The van der Waals surface area contributed by atoms with Gasteiger partial charge in [0.2, 0.25) is 12.7 Å². The molecule has 1 amide bonds. The topological polar surface area (TPSA) is 62.8 Å². The lowest BCUT2D eigenvalue weighted by molar-refractivity contribution is -0.122. The number of hydrogen-bond donors (Lipinski definition) is 2. The zero-order chi connectivity index (χ0) is 16.2. The predicted molar refractivity (Wildman–Crippen MR) is 87.6 cm³/mol. The third-order valence-electron chi connectivity index (χ3n) is 4.62. The number of nitrogens with zero attached hydrogens (tertiary/aromatic N) is 1. The number of hydrogen-bond acceptors (Lipinski definition) is 5. The highest BCUT2D eigenvalue weighted by atomic mass is 16.7. The van der Waals surface area contributed by atoms with Crippen LogP contribution in [-0.4, -0.2) is 50.3 Å². The number of carbonyl (C=O) groups is 1. The summed E-state index contributed by atoms with van der Waals surface area (Å²) in [6.45, 7) is 4.90. The van der Waals surface area contributed by atoms with E-state index in [9.17, 15) is 4.79 Å². The number of carbonyl (C=O) groups excluding carboxylic acids is 1. The van der Waals surface area contributed by atoms with Crippen LogP contribution in [0.4, 0.5) is 0 Å². The Kier molecular flexibility index (Phi) is 5.03. The third-order valence-corrected chi connectivity index (χ3v) is 4.62. The lowest BCUT2D eigenvalue weighted by Crippen LogP contribution is -2.46. The third kappa shape index (κ3) is 3.95. The van der Waals surface area contributed by atoms with Crippen LogP contribution in [-0.2, 0) is 4.79 Å². The minimum atomic E-state index is 0.0881. The largest absolute Gasteiger partial charge is 0.454 e. The molecule has 1 atom stereocenters. The smallest absolute Gasteiger partial charge is 0.233 e. The van der Waals surface area contributed by atoms with Crippen molar-refractivity contribution in [3.8, 4) is 11.5 Å². The van der Waals surface area contributed by atoms with Gasteiger partial charge in [0.25, 0.3) is 0 Å². The SMILES string of the molecule is CNC(=O)CN1CCC(NC(C)c2ccc3c(c2)OCO3)CC1. The van der Waals surface area contributed by atoms with Crippen molar-refractivity contribution in [2.75, 3.05) is 33.5 Å². The zero-order valence-corrected chi connectivity index (χ0v) is 13.8. The molecule has 0 spiro atoms. The molecule has 6 heteroatoms. The van der Waals surface area contributed by atoms with Gasteiger partial charge in [-0.15, -0.1) is 0 Å². The fraction of sp³-hybridized carbons (Fsp3) is 0.588. The molecule has 0 aromatic heterocycles. The Morgan fingerprint density at radius 2 is 2.04 bits per heavy atom. The van der Waals surface area contributed by atoms with E-state index < -0.39 is 0 Å². The summed E-state index contributed by atoms with van der Waals surface area (Å²) in [6, 6.07) is 6.87. The fourth-order valence-electron chi connectivity index (χ4n) is 3.17. The molecule has 6 nitrogen and oxygen atoms in total. The molecule has 0 bridgehead atoms. The Labute approximate surface area is 137 Å². The van der Waals surface area contributed by atoms with Crippen molar-refractivity contribution < 1.29 is 14.3 Å². The molecular formula is C17H25N3O3.